The predicted octanol–water partition coefficient (Wildman–Crippen LogP) is 2.38. The third-order valence-corrected chi connectivity index (χ3v) is 2.98. The first-order valence-corrected chi connectivity index (χ1v) is 6.49. The fourth-order valence-corrected chi connectivity index (χ4v) is 1.87. The number of methoxy groups -OCH3 is 1. The van der Waals surface area contributed by atoms with Crippen LogP contribution in [0, 0.1) is 0 Å². The van der Waals surface area contributed by atoms with Crippen LogP contribution in [0.1, 0.15) is 15.9 Å². The molecule has 0 bridgehead atoms. The van der Waals surface area contributed by atoms with Gasteiger partial charge in [-0.15, -0.1) is 0 Å². The highest BCUT2D eigenvalue weighted by Crippen LogP contribution is 2.28. The monoisotopic (exact) mass is 287 g/mol. The van der Waals surface area contributed by atoms with Gasteiger partial charge in [0.25, 0.3) is 0 Å². The van der Waals surface area contributed by atoms with E-state index in [1.54, 1.807) is 24.3 Å². The third kappa shape index (κ3) is 3.73. The number of nitrogens with two attached hydrogens (primary N) is 1. The summed E-state index contributed by atoms with van der Waals surface area (Å²) < 4.78 is 10.3. The summed E-state index contributed by atoms with van der Waals surface area (Å²) >= 11 is 0. The Hall–Kier alpha value is -2.53. The summed E-state index contributed by atoms with van der Waals surface area (Å²) in [6, 6.07) is 12.1. The third-order valence-electron chi connectivity index (χ3n) is 2.98. The molecule has 2 aromatic rings. The molecule has 0 aliphatic heterocycles. The van der Waals surface area contributed by atoms with Crippen molar-refractivity contribution in [2.75, 3.05) is 19.5 Å². The Bertz CT molecular complexity index is 623. The second-order valence-electron chi connectivity index (χ2n) is 4.46. The Balaban J connectivity index is 2.14. The highest BCUT2D eigenvalue weighted by atomic mass is 16.5. The van der Waals surface area contributed by atoms with Crippen molar-refractivity contribution in [3.05, 3.63) is 53.6 Å². The van der Waals surface area contributed by atoms with E-state index in [0.717, 1.165) is 5.56 Å². The second-order valence-corrected chi connectivity index (χ2v) is 4.46. The van der Waals surface area contributed by atoms with Crippen LogP contribution in [-0.4, -0.2) is 24.8 Å². The van der Waals surface area contributed by atoms with Gasteiger partial charge in [0.05, 0.1) is 18.4 Å². The topological polar surface area (TPSA) is 81.8 Å². The molecule has 2 rings (SSSR count). The Morgan fingerprint density at radius 2 is 1.90 bits per heavy atom. The van der Waals surface area contributed by atoms with Crippen molar-refractivity contribution in [1.82, 2.24) is 0 Å². The summed E-state index contributed by atoms with van der Waals surface area (Å²) in [4.78, 5) is 11.4. The minimum absolute atomic E-state index is 0.113. The summed E-state index contributed by atoms with van der Waals surface area (Å²) in [7, 11) is 1.32. The zero-order valence-electron chi connectivity index (χ0n) is 11.7. The maximum atomic E-state index is 11.4. The minimum Gasteiger partial charge on any atom is -0.465 e. The highest BCUT2D eigenvalue weighted by Gasteiger charge is 2.09. The van der Waals surface area contributed by atoms with Crippen LogP contribution in [0.2, 0.25) is 0 Å². The number of hydrogen-bond acceptors (Lipinski definition) is 5. The fourth-order valence-electron chi connectivity index (χ4n) is 1.87. The molecule has 0 heterocycles. The molecular weight excluding hydrogens is 270 g/mol. The SMILES string of the molecule is COC(=O)c1ccc(Oc2ccc(CCO)cc2)c(N)c1. The van der Waals surface area contributed by atoms with E-state index in [1.807, 2.05) is 12.1 Å². The van der Waals surface area contributed by atoms with Gasteiger partial charge in [-0.25, -0.2) is 4.79 Å². The molecule has 0 spiro atoms. The van der Waals surface area contributed by atoms with E-state index >= 15 is 0 Å². The Kier molecular flexibility index (Phi) is 4.79. The van der Waals surface area contributed by atoms with Gasteiger partial charge in [0.1, 0.15) is 11.5 Å². The molecule has 0 amide bonds. The van der Waals surface area contributed by atoms with Crippen molar-refractivity contribution in [3.63, 3.8) is 0 Å². The maximum absolute atomic E-state index is 11.4. The molecule has 21 heavy (non-hydrogen) atoms. The summed E-state index contributed by atoms with van der Waals surface area (Å²) in [5, 5.41) is 8.87. The van der Waals surface area contributed by atoms with E-state index in [2.05, 4.69) is 4.74 Å². The number of rotatable bonds is 5. The average molecular weight is 287 g/mol. The molecule has 2 aromatic carbocycles. The lowest BCUT2D eigenvalue weighted by atomic mass is 10.1. The quantitative estimate of drug-likeness (QED) is 0.652. The van der Waals surface area contributed by atoms with Crippen molar-refractivity contribution < 1.29 is 19.4 Å². The van der Waals surface area contributed by atoms with Gasteiger partial charge >= 0.3 is 5.97 Å². The van der Waals surface area contributed by atoms with Crippen molar-refractivity contribution in [2.45, 2.75) is 6.42 Å². The molecule has 0 fully saturated rings. The fraction of sp³-hybridized carbons (Fsp3) is 0.188. The van der Waals surface area contributed by atoms with Crippen LogP contribution in [-0.2, 0) is 11.2 Å². The Morgan fingerprint density at radius 1 is 1.19 bits per heavy atom. The highest BCUT2D eigenvalue weighted by molar-refractivity contribution is 5.90. The van der Waals surface area contributed by atoms with Crippen LogP contribution >= 0.6 is 0 Å². The van der Waals surface area contributed by atoms with Crippen LogP contribution in [0.3, 0.4) is 0 Å². The van der Waals surface area contributed by atoms with Gasteiger partial charge in [0.2, 0.25) is 0 Å². The van der Waals surface area contributed by atoms with E-state index in [1.165, 1.54) is 13.2 Å². The summed E-state index contributed by atoms with van der Waals surface area (Å²) in [5.74, 6) is 0.661. The molecule has 0 aliphatic rings. The minimum atomic E-state index is -0.443. The maximum Gasteiger partial charge on any atom is 0.337 e. The van der Waals surface area contributed by atoms with Gasteiger partial charge in [0, 0.05) is 6.61 Å². The number of hydrogen-bond donors (Lipinski definition) is 2. The normalized spacial score (nSPS) is 10.2. The van der Waals surface area contributed by atoms with Crippen molar-refractivity contribution in [2.24, 2.45) is 0 Å². The van der Waals surface area contributed by atoms with Gasteiger partial charge in [0.15, 0.2) is 0 Å². The molecule has 110 valence electrons. The molecule has 0 aliphatic carbocycles. The van der Waals surface area contributed by atoms with E-state index in [9.17, 15) is 4.79 Å². The molecule has 0 radical (unpaired) electrons. The van der Waals surface area contributed by atoms with Gasteiger partial charge in [-0.05, 0) is 42.3 Å². The smallest absolute Gasteiger partial charge is 0.337 e. The standard InChI is InChI=1S/C16H17NO4/c1-20-16(19)12-4-7-15(14(17)10-12)21-13-5-2-11(3-6-13)8-9-18/h2-7,10,18H,8-9,17H2,1H3. The van der Waals surface area contributed by atoms with Gasteiger partial charge in [-0.3, -0.25) is 0 Å². The Morgan fingerprint density at radius 3 is 2.48 bits per heavy atom. The first kappa shape index (κ1) is 14.9. The van der Waals surface area contributed by atoms with Crippen molar-refractivity contribution >= 4 is 11.7 Å². The van der Waals surface area contributed by atoms with Crippen LogP contribution in [0.25, 0.3) is 0 Å². The zero-order valence-corrected chi connectivity index (χ0v) is 11.7. The molecular formula is C16H17NO4. The number of ether oxygens (including phenoxy) is 2. The number of carbonyl (C=O) groups excluding carboxylic acids is 1. The van der Waals surface area contributed by atoms with Crippen LogP contribution < -0.4 is 10.5 Å². The molecule has 5 heteroatoms. The first-order valence-electron chi connectivity index (χ1n) is 6.49. The molecule has 0 saturated heterocycles. The molecule has 0 unspecified atom stereocenters. The summed E-state index contributed by atoms with van der Waals surface area (Å²) in [6.45, 7) is 0.113. The number of aliphatic hydroxyl groups excluding tert-OH is 1. The zero-order chi connectivity index (χ0) is 15.2. The lowest BCUT2D eigenvalue weighted by Crippen LogP contribution is -2.02. The Labute approximate surface area is 122 Å². The van der Waals surface area contributed by atoms with E-state index < -0.39 is 5.97 Å². The van der Waals surface area contributed by atoms with Crippen molar-refractivity contribution in [1.29, 1.82) is 0 Å². The van der Waals surface area contributed by atoms with Crippen LogP contribution in [0.4, 0.5) is 5.69 Å². The molecule has 0 saturated carbocycles. The van der Waals surface area contributed by atoms with E-state index in [-0.39, 0.29) is 6.61 Å². The van der Waals surface area contributed by atoms with Crippen molar-refractivity contribution in [3.8, 4) is 11.5 Å². The molecule has 3 N–H and O–H groups in total. The van der Waals surface area contributed by atoms with Gasteiger partial charge in [-0.2, -0.15) is 0 Å². The predicted molar refractivity (Wildman–Crippen MR) is 79.5 cm³/mol. The van der Waals surface area contributed by atoms with Gasteiger partial charge < -0.3 is 20.3 Å². The lowest BCUT2D eigenvalue weighted by molar-refractivity contribution is 0.0601. The summed E-state index contributed by atoms with van der Waals surface area (Å²) in [5.41, 5.74) is 7.63. The number of benzene rings is 2. The average Bonchev–Trinajstić information content (AvgIpc) is 2.50. The molecule has 0 aromatic heterocycles. The van der Waals surface area contributed by atoms with Gasteiger partial charge in [-0.1, -0.05) is 12.1 Å². The number of aliphatic hydroxyl groups is 1. The number of nitrogen functional groups attached to an aromatic ring is 1. The first-order chi connectivity index (χ1) is 10.1. The number of carbonyl (C=O) groups is 1. The lowest BCUT2D eigenvalue weighted by Gasteiger charge is -2.10. The molecule has 5 nitrogen and oxygen atoms in total. The van der Waals surface area contributed by atoms with E-state index in [4.69, 9.17) is 15.6 Å². The van der Waals surface area contributed by atoms with Crippen LogP contribution in [0.5, 0.6) is 11.5 Å². The largest absolute Gasteiger partial charge is 0.465 e. The number of anilines is 1. The summed E-state index contributed by atoms with van der Waals surface area (Å²) in [6.07, 6.45) is 0.607. The second kappa shape index (κ2) is 6.76. The van der Waals surface area contributed by atoms with E-state index in [0.29, 0.717) is 29.2 Å². The van der Waals surface area contributed by atoms with Crippen LogP contribution in [0.15, 0.2) is 42.5 Å². The molecule has 0 atom stereocenters. The number of esters is 1.